The minimum atomic E-state index is 0.208. The molecule has 0 radical (unpaired) electrons. The van der Waals surface area contributed by atoms with Crippen molar-refractivity contribution in [1.29, 1.82) is 0 Å². The van der Waals surface area contributed by atoms with Crippen LogP contribution in [0.2, 0.25) is 0 Å². The molecular formula is C10H20N2OS. The summed E-state index contributed by atoms with van der Waals surface area (Å²) in [5.74, 6) is 2.07. The van der Waals surface area contributed by atoms with Gasteiger partial charge in [0.05, 0.1) is 6.54 Å². The molecule has 1 saturated carbocycles. The predicted molar refractivity (Wildman–Crippen MR) is 61.6 cm³/mol. The first kappa shape index (κ1) is 11.9. The molecule has 1 aliphatic carbocycles. The number of likely N-dealkylation sites (N-methyl/N-ethyl adjacent to an activating group) is 1. The maximum Gasteiger partial charge on any atom is 0.236 e. The van der Waals surface area contributed by atoms with Gasteiger partial charge in [0, 0.05) is 19.3 Å². The lowest BCUT2D eigenvalue weighted by atomic mass is 10.4. The van der Waals surface area contributed by atoms with Gasteiger partial charge in [-0.05, 0) is 31.6 Å². The molecule has 1 rings (SSSR count). The molecule has 0 heterocycles. The van der Waals surface area contributed by atoms with E-state index in [1.807, 2.05) is 7.05 Å². The Morgan fingerprint density at radius 1 is 1.57 bits per heavy atom. The molecule has 0 spiro atoms. The first-order chi connectivity index (χ1) is 6.74. The van der Waals surface area contributed by atoms with Gasteiger partial charge in [0.2, 0.25) is 5.91 Å². The van der Waals surface area contributed by atoms with Gasteiger partial charge in [0.1, 0.15) is 0 Å². The van der Waals surface area contributed by atoms with Crippen LogP contribution in [-0.2, 0) is 4.79 Å². The summed E-state index contributed by atoms with van der Waals surface area (Å²) in [4.78, 5) is 13.3. The summed E-state index contributed by atoms with van der Waals surface area (Å²) in [5, 5.41) is 3.21. The summed E-state index contributed by atoms with van der Waals surface area (Å²) in [6.45, 7) is 2.37. The first-order valence-corrected chi connectivity index (χ1v) is 6.57. The van der Waals surface area contributed by atoms with E-state index in [1.54, 1.807) is 16.7 Å². The average Bonchev–Trinajstić information content (AvgIpc) is 2.97. The Morgan fingerprint density at radius 3 is 2.86 bits per heavy atom. The van der Waals surface area contributed by atoms with Crippen LogP contribution in [0.5, 0.6) is 0 Å². The van der Waals surface area contributed by atoms with Crippen molar-refractivity contribution in [3.8, 4) is 0 Å². The maximum absolute atomic E-state index is 11.5. The van der Waals surface area contributed by atoms with Gasteiger partial charge < -0.3 is 10.2 Å². The standard InChI is InChI=1S/C10H20N2OS/c1-12(5-6-14-2)10(13)8-11-7-9-3-4-9/h9,11H,3-8H2,1-2H3. The molecule has 3 nitrogen and oxygen atoms in total. The van der Waals surface area contributed by atoms with Crippen LogP contribution < -0.4 is 5.32 Å². The highest BCUT2D eigenvalue weighted by atomic mass is 32.2. The molecule has 1 amide bonds. The van der Waals surface area contributed by atoms with Crippen molar-refractivity contribution in [3.63, 3.8) is 0 Å². The Hall–Kier alpha value is -0.220. The van der Waals surface area contributed by atoms with Gasteiger partial charge in [0.15, 0.2) is 0 Å². The minimum absolute atomic E-state index is 0.208. The molecule has 0 aromatic carbocycles. The second-order valence-electron chi connectivity index (χ2n) is 3.88. The van der Waals surface area contributed by atoms with Crippen LogP contribution in [0, 0.1) is 5.92 Å². The number of rotatable bonds is 7. The lowest BCUT2D eigenvalue weighted by molar-refractivity contribution is -0.128. The van der Waals surface area contributed by atoms with Gasteiger partial charge >= 0.3 is 0 Å². The number of amides is 1. The maximum atomic E-state index is 11.5. The highest BCUT2D eigenvalue weighted by molar-refractivity contribution is 7.98. The molecule has 1 fully saturated rings. The highest BCUT2D eigenvalue weighted by Crippen LogP contribution is 2.27. The van der Waals surface area contributed by atoms with E-state index in [-0.39, 0.29) is 5.91 Å². The van der Waals surface area contributed by atoms with Gasteiger partial charge in [-0.2, -0.15) is 11.8 Å². The molecule has 0 bridgehead atoms. The van der Waals surface area contributed by atoms with Gasteiger partial charge in [-0.1, -0.05) is 0 Å². The third-order valence-electron chi connectivity index (χ3n) is 2.46. The topological polar surface area (TPSA) is 32.3 Å². The van der Waals surface area contributed by atoms with Crippen LogP contribution in [0.15, 0.2) is 0 Å². The second-order valence-corrected chi connectivity index (χ2v) is 4.87. The highest BCUT2D eigenvalue weighted by Gasteiger charge is 2.20. The van der Waals surface area contributed by atoms with Gasteiger partial charge in [-0.25, -0.2) is 0 Å². The van der Waals surface area contributed by atoms with E-state index in [0.29, 0.717) is 6.54 Å². The average molecular weight is 216 g/mol. The van der Waals surface area contributed by atoms with Crippen molar-refractivity contribution in [3.05, 3.63) is 0 Å². The molecule has 0 unspecified atom stereocenters. The third-order valence-corrected chi connectivity index (χ3v) is 3.05. The number of carbonyl (C=O) groups excluding carboxylic acids is 1. The molecule has 14 heavy (non-hydrogen) atoms. The fraction of sp³-hybridized carbons (Fsp3) is 0.900. The molecule has 4 heteroatoms. The summed E-state index contributed by atoms with van der Waals surface area (Å²) in [6.07, 6.45) is 4.73. The van der Waals surface area contributed by atoms with Crippen molar-refractivity contribution < 1.29 is 4.79 Å². The summed E-state index contributed by atoms with van der Waals surface area (Å²) >= 11 is 1.77. The van der Waals surface area contributed by atoms with Gasteiger partial charge in [-0.15, -0.1) is 0 Å². The third kappa shape index (κ3) is 4.86. The second kappa shape index (κ2) is 6.30. The monoisotopic (exact) mass is 216 g/mol. The molecule has 82 valence electrons. The summed E-state index contributed by atoms with van der Waals surface area (Å²) in [6, 6.07) is 0. The molecule has 0 aromatic rings. The van der Waals surface area contributed by atoms with E-state index in [1.165, 1.54) is 12.8 Å². The van der Waals surface area contributed by atoms with Crippen LogP contribution in [0.3, 0.4) is 0 Å². The zero-order valence-electron chi connectivity index (χ0n) is 9.08. The van der Waals surface area contributed by atoms with Crippen LogP contribution in [0.4, 0.5) is 0 Å². The Bertz CT molecular complexity index is 183. The van der Waals surface area contributed by atoms with E-state index in [2.05, 4.69) is 11.6 Å². The minimum Gasteiger partial charge on any atom is -0.344 e. The SMILES string of the molecule is CSCCN(C)C(=O)CNCC1CC1. The predicted octanol–water partition coefficient (Wildman–Crippen LogP) is 0.807. The first-order valence-electron chi connectivity index (χ1n) is 5.17. The van der Waals surface area contributed by atoms with Crippen molar-refractivity contribution in [1.82, 2.24) is 10.2 Å². The molecule has 1 aliphatic rings. The number of nitrogens with one attached hydrogen (secondary N) is 1. The molecule has 0 saturated heterocycles. The molecule has 0 aromatic heterocycles. The van der Waals surface area contributed by atoms with Crippen LogP contribution in [0.25, 0.3) is 0 Å². The van der Waals surface area contributed by atoms with Crippen molar-refractivity contribution in [2.45, 2.75) is 12.8 Å². The smallest absolute Gasteiger partial charge is 0.236 e. The van der Waals surface area contributed by atoms with Crippen LogP contribution in [-0.4, -0.2) is 49.5 Å². The lowest BCUT2D eigenvalue weighted by Crippen LogP contribution is -2.37. The van der Waals surface area contributed by atoms with E-state index in [0.717, 1.165) is 24.8 Å². The largest absolute Gasteiger partial charge is 0.344 e. The van der Waals surface area contributed by atoms with E-state index >= 15 is 0 Å². The molecule has 0 atom stereocenters. The molecular weight excluding hydrogens is 196 g/mol. The fourth-order valence-electron chi connectivity index (χ4n) is 1.19. The van der Waals surface area contributed by atoms with Gasteiger partial charge in [0.25, 0.3) is 0 Å². The number of nitrogens with zero attached hydrogens (tertiary/aromatic N) is 1. The molecule has 0 aliphatic heterocycles. The molecule has 1 N–H and O–H groups in total. The summed E-state index contributed by atoms with van der Waals surface area (Å²) < 4.78 is 0. The van der Waals surface area contributed by atoms with E-state index in [9.17, 15) is 4.79 Å². The van der Waals surface area contributed by atoms with Crippen molar-refractivity contribution in [2.24, 2.45) is 5.92 Å². The van der Waals surface area contributed by atoms with Crippen LogP contribution >= 0.6 is 11.8 Å². The number of thioether (sulfide) groups is 1. The number of carbonyl (C=O) groups is 1. The number of hydrogen-bond donors (Lipinski definition) is 1. The van der Waals surface area contributed by atoms with Crippen molar-refractivity contribution >= 4 is 17.7 Å². The van der Waals surface area contributed by atoms with E-state index in [4.69, 9.17) is 0 Å². The zero-order chi connectivity index (χ0) is 10.4. The summed E-state index contributed by atoms with van der Waals surface area (Å²) in [7, 11) is 1.87. The Kier molecular flexibility index (Phi) is 5.33. The zero-order valence-corrected chi connectivity index (χ0v) is 9.90. The fourth-order valence-corrected chi connectivity index (χ4v) is 1.65. The Morgan fingerprint density at radius 2 is 2.29 bits per heavy atom. The normalized spacial score (nSPS) is 15.6. The van der Waals surface area contributed by atoms with Crippen LogP contribution in [0.1, 0.15) is 12.8 Å². The number of hydrogen-bond acceptors (Lipinski definition) is 3. The lowest BCUT2D eigenvalue weighted by Gasteiger charge is -2.16. The van der Waals surface area contributed by atoms with Crippen molar-refractivity contribution in [2.75, 3.05) is 38.7 Å². The summed E-state index contributed by atoms with van der Waals surface area (Å²) in [5.41, 5.74) is 0. The quantitative estimate of drug-likeness (QED) is 0.683. The van der Waals surface area contributed by atoms with E-state index < -0.39 is 0 Å². The van der Waals surface area contributed by atoms with Gasteiger partial charge in [-0.3, -0.25) is 4.79 Å². The Labute approximate surface area is 90.6 Å². The Balaban J connectivity index is 2.00.